The molecule has 48 valence electrons. The Hall–Kier alpha value is -0.610. The highest BCUT2D eigenvalue weighted by molar-refractivity contribution is 7.81. The molecule has 1 rings (SSSR count). The van der Waals surface area contributed by atoms with Crippen molar-refractivity contribution < 1.29 is 5.11 Å². The second-order valence-electron chi connectivity index (χ2n) is 1.74. The third kappa shape index (κ3) is 1.40. The van der Waals surface area contributed by atoms with Gasteiger partial charge in [0, 0.05) is 0 Å². The summed E-state index contributed by atoms with van der Waals surface area (Å²) in [5.41, 5.74) is 0. The molecule has 0 saturated carbocycles. The summed E-state index contributed by atoms with van der Waals surface area (Å²) in [6, 6.07) is 0. The van der Waals surface area contributed by atoms with Crippen LogP contribution in [0.1, 0.15) is 6.92 Å². The summed E-state index contributed by atoms with van der Waals surface area (Å²) in [5.74, 6) is 0.403. The van der Waals surface area contributed by atoms with Crippen LogP contribution in [0.15, 0.2) is 9.98 Å². The zero-order valence-corrected chi connectivity index (χ0v) is 5.72. The lowest BCUT2D eigenvalue weighted by atomic mass is 10.4. The monoisotopic (exact) mass is 142 g/mol. The van der Waals surface area contributed by atoms with Crippen LogP contribution in [0.4, 0.5) is 0 Å². The van der Waals surface area contributed by atoms with E-state index < -0.39 is 6.10 Å². The minimum absolute atomic E-state index is 0.403. The van der Waals surface area contributed by atoms with Crippen LogP contribution in [0, 0.1) is 0 Å². The highest BCUT2D eigenvalue weighted by Crippen LogP contribution is 1.97. The largest absolute Gasteiger partial charge is 0.385 e. The first-order chi connectivity index (χ1) is 4.20. The van der Waals surface area contributed by atoms with Gasteiger partial charge in [0.25, 0.3) is 0 Å². The van der Waals surface area contributed by atoms with Gasteiger partial charge in [0.15, 0.2) is 5.84 Å². The lowest BCUT2D eigenvalue weighted by Crippen LogP contribution is -2.11. The standard InChI is InChI=1S/C5H6N2OS/c1-3(8)5-6-2-4(9)7-5/h2-3,8H,1H3. The van der Waals surface area contributed by atoms with Crippen LogP contribution in [0.25, 0.3) is 0 Å². The van der Waals surface area contributed by atoms with Crippen molar-refractivity contribution in [3.8, 4) is 0 Å². The summed E-state index contributed by atoms with van der Waals surface area (Å²) >= 11 is 4.67. The van der Waals surface area contributed by atoms with Gasteiger partial charge in [-0.2, -0.15) is 0 Å². The van der Waals surface area contributed by atoms with Crippen LogP contribution in [0.2, 0.25) is 0 Å². The number of hydrogen-bond donors (Lipinski definition) is 1. The van der Waals surface area contributed by atoms with Gasteiger partial charge < -0.3 is 5.11 Å². The molecule has 1 aliphatic rings. The molecule has 1 N–H and O–H groups in total. The van der Waals surface area contributed by atoms with Gasteiger partial charge in [-0.05, 0) is 6.92 Å². The van der Waals surface area contributed by atoms with Gasteiger partial charge in [-0.15, -0.1) is 0 Å². The number of aliphatic imine (C=N–C) groups is 2. The highest BCUT2D eigenvalue weighted by Gasteiger charge is 2.09. The smallest absolute Gasteiger partial charge is 0.158 e. The molecule has 1 heterocycles. The van der Waals surface area contributed by atoms with Crippen LogP contribution in [-0.4, -0.2) is 28.2 Å². The molecule has 9 heavy (non-hydrogen) atoms. The Morgan fingerprint density at radius 3 is 2.67 bits per heavy atom. The van der Waals surface area contributed by atoms with Crippen LogP contribution < -0.4 is 0 Å². The van der Waals surface area contributed by atoms with Gasteiger partial charge in [0.1, 0.15) is 11.1 Å². The second kappa shape index (κ2) is 2.33. The minimum atomic E-state index is -0.610. The van der Waals surface area contributed by atoms with Crippen molar-refractivity contribution in [3.05, 3.63) is 0 Å². The van der Waals surface area contributed by atoms with Gasteiger partial charge in [-0.3, -0.25) is 0 Å². The van der Waals surface area contributed by atoms with Crippen molar-refractivity contribution in [2.75, 3.05) is 0 Å². The Labute approximate surface area is 58.1 Å². The molecule has 0 aliphatic carbocycles. The maximum absolute atomic E-state index is 8.87. The molecule has 0 bridgehead atoms. The van der Waals surface area contributed by atoms with E-state index in [-0.39, 0.29) is 0 Å². The molecule has 0 aromatic rings. The number of rotatable bonds is 1. The van der Waals surface area contributed by atoms with Crippen LogP contribution in [0.5, 0.6) is 0 Å². The van der Waals surface area contributed by atoms with E-state index in [1.54, 1.807) is 6.92 Å². The Morgan fingerprint density at radius 1 is 1.78 bits per heavy atom. The first kappa shape index (κ1) is 6.51. The van der Waals surface area contributed by atoms with E-state index in [4.69, 9.17) is 5.11 Å². The lowest BCUT2D eigenvalue weighted by molar-refractivity contribution is 0.261. The molecule has 0 saturated heterocycles. The SMILES string of the molecule is CC(O)C1=NC(=S)C=N1. The fraction of sp³-hybridized carbons (Fsp3) is 0.400. The lowest BCUT2D eigenvalue weighted by Gasteiger charge is -1.95. The molecule has 1 unspecified atom stereocenters. The zero-order chi connectivity index (χ0) is 6.85. The van der Waals surface area contributed by atoms with Crippen molar-refractivity contribution in [2.24, 2.45) is 9.98 Å². The fourth-order valence-corrected chi connectivity index (χ4v) is 0.640. The summed E-state index contributed by atoms with van der Waals surface area (Å²) in [5, 5.41) is 8.87. The maximum atomic E-state index is 8.87. The number of aliphatic hydroxyl groups is 1. The molecular formula is C5H6N2OS. The van der Waals surface area contributed by atoms with Crippen LogP contribution in [-0.2, 0) is 0 Å². The molecule has 0 aromatic heterocycles. The minimum Gasteiger partial charge on any atom is -0.385 e. The number of aliphatic hydroxyl groups excluding tert-OH is 1. The molecular weight excluding hydrogens is 136 g/mol. The summed E-state index contributed by atoms with van der Waals surface area (Å²) < 4.78 is 0. The molecule has 0 aromatic carbocycles. The summed E-state index contributed by atoms with van der Waals surface area (Å²) in [4.78, 5) is 7.95. The third-order valence-corrected chi connectivity index (χ3v) is 1.10. The van der Waals surface area contributed by atoms with Crippen molar-refractivity contribution in [1.29, 1.82) is 0 Å². The molecule has 0 amide bonds. The summed E-state index contributed by atoms with van der Waals surface area (Å²) in [6.07, 6.45) is 0.846. The molecule has 1 atom stereocenters. The summed E-state index contributed by atoms with van der Waals surface area (Å²) in [7, 11) is 0. The van der Waals surface area contributed by atoms with E-state index in [9.17, 15) is 0 Å². The molecule has 0 spiro atoms. The zero-order valence-electron chi connectivity index (χ0n) is 4.90. The van der Waals surface area contributed by atoms with Crippen LogP contribution >= 0.6 is 12.2 Å². The Balaban J connectivity index is 2.75. The number of hydrogen-bond acceptors (Lipinski definition) is 3. The highest BCUT2D eigenvalue weighted by atomic mass is 32.1. The Morgan fingerprint density at radius 2 is 2.44 bits per heavy atom. The number of thiocarbonyl (C=S) groups is 1. The maximum Gasteiger partial charge on any atom is 0.158 e. The van der Waals surface area contributed by atoms with E-state index in [1.807, 2.05) is 0 Å². The Bertz CT molecular complexity index is 195. The van der Waals surface area contributed by atoms with E-state index in [1.165, 1.54) is 6.21 Å². The van der Waals surface area contributed by atoms with Crippen LogP contribution in [0.3, 0.4) is 0 Å². The van der Waals surface area contributed by atoms with Gasteiger partial charge in [-0.25, -0.2) is 9.98 Å². The first-order valence-electron chi connectivity index (χ1n) is 2.55. The number of nitrogens with zero attached hydrogens (tertiary/aromatic N) is 2. The average molecular weight is 142 g/mol. The van der Waals surface area contributed by atoms with Gasteiger partial charge in [0.05, 0.1) is 6.21 Å². The van der Waals surface area contributed by atoms with E-state index >= 15 is 0 Å². The topological polar surface area (TPSA) is 45.0 Å². The average Bonchev–Trinajstić information content (AvgIpc) is 2.14. The van der Waals surface area contributed by atoms with Crippen molar-refractivity contribution in [3.63, 3.8) is 0 Å². The first-order valence-corrected chi connectivity index (χ1v) is 2.95. The Kier molecular flexibility index (Phi) is 1.68. The van der Waals surface area contributed by atoms with Crippen molar-refractivity contribution in [2.45, 2.75) is 13.0 Å². The van der Waals surface area contributed by atoms with E-state index in [0.717, 1.165) is 0 Å². The van der Waals surface area contributed by atoms with Gasteiger partial charge >= 0.3 is 0 Å². The van der Waals surface area contributed by atoms with Crippen molar-refractivity contribution in [1.82, 2.24) is 0 Å². The normalized spacial score (nSPS) is 20.2. The van der Waals surface area contributed by atoms with E-state index in [2.05, 4.69) is 22.2 Å². The van der Waals surface area contributed by atoms with Gasteiger partial charge in [-0.1, -0.05) is 12.2 Å². The molecule has 0 fully saturated rings. The van der Waals surface area contributed by atoms with E-state index in [0.29, 0.717) is 10.8 Å². The molecule has 0 radical (unpaired) electrons. The second-order valence-corrected chi connectivity index (χ2v) is 2.16. The third-order valence-electron chi connectivity index (χ3n) is 0.906. The quantitative estimate of drug-likeness (QED) is 0.531. The predicted octanol–water partition coefficient (Wildman–Crippen LogP) is 0.177. The number of amidine groups is 1. The predicted molar refractivity (Wildman–Crippen MR) is 40.2 cm³/mol. The molecule has 4 heteroatoms. The molecule has 3 nitrogen and oxygen atoms in total. The van der Waals surface area contributed by atoms with Gasteiger partial charge in [0.2, 0.25) is 0 Å². The molecule has 1 aliphatic heterocycles. The fourth-order valence-electron chi connectivity index (χ4n) is 0.493. The van der Waals surface area contributed by atoms with Crippen molar-refractivity contribution >= 4 is 29.3 Å². The summed E-state index contributed by atoms with van der Waals surface area (Å²) in [6.45, 7) is 1.60.